The first kappa shape index (κ1) is 19.1. The maximum atomic E-state index is 11.2. The summed E-state index contributed by atoms with van der Waals surface area (Å²) >= 11 is 0. The Hall–Kier alpha value is -1.26. The van der Waals surface area contributed by atoms with E-state index in [4.69, 9.17) is 19.6 Å². The van der Waals surface area contributed by atoms with Gasteiger partial charge >= 0.3 is 15.2 Å². The first-order chi connectivity index (χ1) is 11.2. The lowest BCUT2D eigenvalue weighted by atomic mass is 10.0. The van der Waals surface area contributed by atoms with Gasteiger partial charge in [-0.15, -0.1) is 0 Å². The Morgan fingerprint density at radius 3 is 1.75 bits per heavy atom. The number of hydrogen-bond acceptors (Lipinski definition) is 2. The number of aryl methyl sites for hydroxylation is 1. The molecule has 0 aliphatic carbocycles. The molecule has 2 aromatic rings. The zero-order valence-electron chi connectivity index (χ0n) is 12.9. The molecule has 0 unspecified atom stereocenters. The highest BCUT2D eigenvalue weighted by atomic mass is 31.2. The van der Waals surface area contributed by atoms with Gasteiger partial charge in [0.15, 0.2) is 5.40 Å². The van der Waals surface area contributed by atoms with E-state index in [0.717, 1.165) is 16.7 Å². The zero-order valence-corrected chi connectivity index (χ0v) is 14.7. The van der Waals surface area contributed by atoms with Crippen molar-refractivity contribution in [2.24, 2.45) is 0 Å². The third kappa shape index (κ3) is 5.38. The molecule has 0 fully saturated rings. The van der Waals surface area contributed by atoms with Gasteiger partial charge in [-0.05, 0) is 36.0 Å². The summed E-state index contributed by atoms with van der Waals surface area (Å²) in [7, 11) is -9.66. The highest BCUT2D eigenvalue weighted by Crippen LogP contribution is 2.61. The Bertz CT molecular complexity index is 726. The van der Waals surface area contributed by atoms with Crippen molar-refractivity contribution < 1.29 is 28.7 Å². The second-order valence-electron chi connectivity index (χ2n) is 5.61. The van der Waals surface area contributed by atoms with Crippen molar-refractivity contribution in [3.63, 3.8) is 0 Å². The molecule has 0 heterocycles. The van der Waals surface area contributed by atoms with Crippen LogP contribution in [0.15, 0.2) is 54.6 Å². The molecule has 0 amide bonds. The summed E-state index contributed by atoms with van der Waals surface area (Å²) in [4.78, 5) is 36.4. The minimum absolute atomic E-state index is 0.227. The summed E-state index contributed by atoms with van der Waals surface area (Å²) in [6, 6.07) is 17.6. The van der Waals surface area contributed by atoms with Crippen LogP contribution < -0.4 is 0 Å². The molecular weight excluding hydrogens is 350 g/mol. The molecule has 130 valence electrons. The van der Waals surface area contributed by atoms with Gasteiger partial charge in [-0.2, -0.15) is 0 Å². The van der Waals surface area contributed by atoms with Gasteiger partial charge in [0.05, 0.1) is 0 Å². The van der Waals surface area contributed by atoms with Gasteiger partial charge in [-0.1, -0.05) is 54.6 Å². The van der Waals surface area contributed by atoms with Crippen molar-refractivity contribution in [3.05, 3.63) is 60.2 Å². The normalized spacial score (nSPS) is 12.5. The molecule has 0 aliphatic heterocycles. The molecule has 0 aromatic heterocycles. The minimum atomic E-state index is -4.83. The smallest absolute Gasteiger partial charge is 0.324 e. The highest BCUT2D eigenvalue weighted by Gasteiger charge is 2.42. The van der Waals surface area contributed by atoms with Gasteiger partial charge in [0.25, 0.3) is 0 Å². The standard InChI is InChI=1S/C16H20O6P2/c17-23(18,19)16(24(20,21)22)8-4-5-13-9-11-15(12-10-13)14-6-2-1-3-7-14/h1-3,6-7,9-12,16H,4-5,8H2,(H2,17,18,19)(H2,20,21,22). The topological polar surface area (TPSA) is 115 Å². The van der Waals surface area contributed by atoms with E-state index in [0.29, 0.717) is 6.42 Å². The summed E-state index contributed by atoms with van der Waals surface area (Å²) in [5.74, 6) is 0. The van der Waals surface area contributed by atoms with E-state index in [1.165, 1.54) is 0 Å². The Morgan fingerprint density at radius 1 is 0.750 bits per heavy atom. The van der Waals surface area contributed by atoms with E-state index < -0.39 is 20.6 Å². The van der Waals surface area contributed by atoms with Crippen LogP contribution in [0, 0.1) is 0 Å². The molecular formula is C16H20O6P2. The Balaban J connectivity index is 1.98. The maximum absolute atomic E-state index is 11.2. The molecule has 0 atom stereocenters. The molecule has 0 radical (unpaired) electrons. The summed E-state index contributed by atoms with van der Waals surface area (Å²) in [5.41, 5.74) is 3.10. The molecule has 0 spiro atoms. The fourth-order valence-corrected chi connectivity index (χ4v) is 5.12. The monoisotopic (exact) mass is 370 g/mol. The van der Waals surface area contributed by atoms with E-state index >= 15 is 0 Å². The Kier molecular flexibility index (Phi) is 6.16. The summed E-state index contributed by atoms with van der Waals surface area (Å²) < 4.78 is 22.4. The van der Waals surface area contributed by atoms with Crippen LogP contribution in [0.2, 0.25) is 0 Å². The molecule has 0 bridgehead atoms. The van der Waals surface area contributed by atoms with Crippen molar-refractivity contribution in [2.75, 3.05) is 0 Å². The average Bonchev–Trinajstić information content (AvgIpc) is 2.50. The minimum Gasteiger partial charge on any atom is -0.324 e. The van der Waals surface area contributed by atoms with Crippen LogP contribution in [-0.2, 0) is 15.6 Å². The Labute approximate surface area is 140 Å². The number of benzene rings is 2. The molecule has 24 heavy (non-hydrogen) atoms. The van der Waals surface area contributed by atoms with Gasteiger partial charge in [0.1, 0.15) is 0 Å². The van der Waals surface area contributed by atoms with Crippen LogP contribution >= 0.6 is 15.2 Å². The van der Waals surface area contributed by atoms with E-state index in [-0.39, 0.29) is 12.8 Å². The second-order valence-corrected chi connectivity index (χ2v) is 9.62. The molecule has 8 heteroatoms. The third-order valence-corrected chi connectivity index (χ3v) is 7.64. The first-order valence-electron chi connectivity index (χ1n) is 7.43. The van der Waals surface area contributed by atoms with Crippen LogP contribution in [0.5, 0.6) is 0 Å². The van der Waals surface area contributed by atoms with Crippen LogP contribution in [0.3, 0.4) is 0 Å². The lowest BCUT2D eigenvalue weighted by Crippen LogP contribution is -2.09. The largest absolute Gasteiger partial charge is 0.340 e. The van der Waals surface area contributed by atoms with Crippen molar-refractivity contribution in [2.45, 2.75) is 24.7 Å². The van der Waals surface area contributed by atoms with E-state index in [9.17, 15) is 9.13 Å². The van der Waals surface area contributed by atoms with Crippen LogP contribution in [-0.4, -0.2) is 25.0 Å². The SMILES string of the molecule is O=P(O)(O)C(CCCc1ccc(-c2ccccc2)cc1)P(=O)(O)O. The fraction of sp³-hybridized carbons (Fsp3) is 0.250. The van der Waals surface area contributed by atoms with E-state index in [2.05, 4.69) is 0 Å². The Morgan fingerprint density at radius 2 is 1.25 bits per heavy atom. The molecule has 2 aromatic carbocycles. The quantitative estimate of drug-likeness (QED) is 0.556. The molecule has 2 rings (SSSR count). The van der Waals surface area contributed by atoms with E-state index in [1.54, 1.807) is 0 Å². The third-order valence-electron chi connectivity index (χ3n) is 3.77. The number of hydrogen-bond donors (Lipinski definition) is 4. The summed E-state index contributed by atoms with van der Waals surface area (Å²) in [5, 5.41) is -1.92. The zero-order chi connectivity index (χ0) is 17.8. The van der Waals surface area contributed by atoms with Crippen molar-refractivity contribution in [1.82, 2.24) is 0 Å². The average molecular weight is 370 g/mol. The lowest BCUT2D eigenvalue weighted by Gasteiger charge is -2.19. The molecule has 6 nitrogen and oxygen atoms in total. The van der Waals surface area contributed by atoms with Crippen LogP contribution in [0.4, 0.5) is 0 Å². The van der Waals surface area contributed by atoms with Crippen LogP contribution in [0.1, 0.15) is 18.4 Å². The van der Waals surface area contributed by atoms with Gasteiger partial charge < -0.3 is 19.6 Å². The predicted octanol–water partition coefficient (Wildman–Crippen LogP) is 3.36. The van der Waals surface area contributed by atoms with Crippen molar-refractivity contribution in [1.29, 1.82) is 0 Å². The maximum Gasteiger partial charge on any atom is 0.340 e. The molecule has 4 N–H and O–H groups in total. The van der Waals surface area contributed by atoms with Gasteiger partial charge in [0, 0.05) is 0 Å². The molecule has 0 aliphatic rings. The molecule has 0 saturated carbocycles. The number of rotatable bonds is 7. The highest BCUT2D eigenvalue weighted by molar-refractivity contribution is 7.70. The summed E-state index contributed by atoms with van der Waals surface area (Å²) in [6.45, 7) is 0. The first-order valence-corrected chi connectivity index (χ1v) is 10.8. The second kappa shape index (κ2) is 7.75. The lowest BCUT2D eigenvalue weighted by molar-refractivity contribution is 0.334. The van der Waals surface area contributed by atoms with Gasteiger partial charge in [-0.25, -0.2) is 0 Å². The molecule has 0 saturated heterocycles. The van der Waals surface area contributed by atoms with Gasteiger partial charge in [0.2, 0.25) is 0 Å². The van der Waals surface area contributed by atoms with Crippen molar-refractivity contribution in [3.8, 4) is 11.1 Å². The summed E-state index contributed by atoms with van der Waals surface area (Å²) in [6.07, 6.45) is 0.548. The van der Waals surface area contributed by atoms with Gasteiger partial charge in [-0.3, -0.25) is 9.13 Å². The van der Waals surface area contributed by atoms with Crippen LogP contribution in [0.25, 0.3) is 11.1 Å². The van der Waals surface area contributed by atoms with Crippen molar-refractivity contribution >= 4 is 15.2 Å². The van der Waals surface area contributed by atoms with E-state index in [1.807, 2.05) is 54.6 Å². The predicted molar refractivity (Wildman–Crippen MR) is 92.7 cm³/mol. The fourth-order valence-electron chi connectivity index (χ4n) is 2.52.